The Kier molecular flexibility index (Phi) is 13.2. The number of anilines is 1. The maximum absolute atomic E-state index is 15.5. The first kappa shape index (κ1) is 37.6. The van der Waals surface area contributed by atoms with Crippen molar-refractivity contribution < 1.29 is 31.9 Å². The fourth-order valence-electron chi connectivity index (χ4n) is 5.99. The summed E-state index contributed by atoms with van der Waals surface area (Å²) in [6.45, 7) is 4.77. The highest BCUT2D eigenvalue weighted by Crippen LogP contribution is 2.33. The summed E-state index contributed by atoms with van der Waals surface area (Å²) < 4.78 is 53.4. The van der Waals surface area contributed by atoms with Gasteiger partial charge in [-0.2, -0.15) is 4.31 Å². The fraction of sp³-hybridized carbons (Fsp3) is 0.412. The predicted molar refractivity (Wildman–Crippen MR) is 186 cm³/mol. The molecule has 0 aromatic heterocycles. The third-order valence-electron chi connectivity index (χ3n) is 8.10. The van der Waals surface area contributed by atoms with Crippen LogP contribution in [0.15, 0.2) is 66.7 Å². The molecule has 2 amide bonds. The number of ether oxygens (including phenoxy) is 2. The van der Waals surface area contributed by atoms with Crippen LogP contribution in [0.2, 0.25) is 10.0 Å². The summed E-state index contributed by atoms with van der Waals surface area (Å²) in [5.41, 5.74) is 1.66. The van der Waals surface area contributed by atoms with E-state index in [4.69, 9.17) is 32.7 Å². The van der Waals surface area contributed by atoms with Gasteiger partial charge in [0.15, 0.2) is 0 Å². The second-order valence-electron chi connectivity index (χ2n) is 11.9. The van der Waals surface area contributed by atoms with Crippen molar-refractivity contribution in [3.05, 3.63) is 99.3 Å². The number of benzene rings is 3. The number of amides is 2. The molecule has 1 aliphatic rings. The van der Waals surface area contributed by atoms with Gasteiger partial charge in [0.05, 0.1) is 32.1 Å². The van der Waals surface area contributed by atoms with E-state index in [1.807, 2.05) is 13.8 Å². The van der Waals surface area contributed by atoms with Crippen molar-refractivity contribution in [2.75, 3.05) is 38.4 Å². The summed E-state index contributed by atoms with van der Waals surface area (Å²) in [4.78, 5) is 26.8. The molecule has 1 fully saturated rings. The monoisotopic (exact) mass is 722 g/mol. The fourth-order valence-corrected chi connectivity index (χ4v) is 7.71. The van der Waals surface area contributed by atoms with Crippen molar-refractivity contribution in [2.45, 2.75) is 56.8 Å². The SMILES string of the molecule is COC(=O)N[C@H](C(=O)Nc1cccc(F)c1CC[C@H]1CNCC(COC(C)C)N1S(C)(=O)=O)[C@H](c1ccc(Cl)cc1)c1cccc(Cl)c1. The van der Waals surface area contributed by atoms with Crippen molar-refractivity contribution in [2.24, 2.45) is 0 Å². The van der Waals surface area contributed by atoms with E-state index in [2.05, 4.69) is 16.0 Å². The number of carbonyl (C=O) groups excluding carboxylic acids is 2. The van der Waals surface area contributed by atoms with Crippen LogP contribution < -0.4 is 16.0 Å². The van der Waals surface area contributed by atoms with Crippen LogP contribution in [0.4, 0.5) is 14.9 Å². The highest BCUT2D eigenvalue weighted by Gasteiger charge is 2.38. The van der Waals surface area contributed by atoms with Gasteiger partial charge in [-0.25, -0.2) is 17.6 Å². The zero-order chi connectivity index (χ0) is 35.0. The zero-order valence-electron chi connectivity index (χ0n) is 27.2. The Bertz CT molecular complexity index is 1680. The van der Waals surface area contributed by atoms with Gasteiger partial charge < -0.3 is 25.4 Å². The molecule has 14 heteroatoms. The summed E-state index contributed by atoms with van der Waals surface area (Å²) in [5.74, 6) is -1.96. The second kappa shape index (κ2) is 16.9. The van der Waals surface area contributed by atoms with Gasteiger partial charge in [0.1, 0.15) is 11.9 Å². The Morgan fingerprint density at radius 2 is 1.69 bits per heavy atom. The van der Waals surface area contributed by atoms with Gasteiger partial charge in [0, 0.05) is 46.3 Å². The second-order valence-corrected chi connectivity index (χ2v) is 14.7. The standard InChI is InChI=1S/C34H41Cl2FN4O6S/c1-21(2)47-20-27-19-38-18-26(41(27)48(4,44)45)15-16-28-29(37)9-6-10-30(28)39-33(42)32(40-34(43)46-3)31(22-11-13-24(35)14-12-22)23-7-5-8-25(36)17-23/h5-14,17,21,26-27,31-32,38H,15-16,18-20H2,1-4H3,(H,39,42)(H,40,43)/t26-,27?,31+,32-/m0/s1. The molecular formula is C34H41Cl2FN4O6S. The van der Waals surface area contributed by atoms with Crippen LogP contribution in [-0.2, 0) is 30.7 Å². The van der Waals surface area contributed by atoms with Crippen LogP contribution in [0.3, 0.4) is 0 Å². The highest BCUT2D eigenvalue weighted by atomic mass is 35.5. The lowest BCUT2D eigenvalue weighted by Crippen LogP contribution is -2.60. The van der Waals surface area contributed by atoms with Crippen molar-refractivity contribution >= 4 is 50.9 Å². The molecule has 1 heterocycles. The lowest BCUT2D eigenvalue weighted by molar-refractivity contribution is -0.118. The van der Waals surface area contributed by atoms with Crippen LogP contribution in [-0.4, -0.2) is 82.0 Å². The topological polar surface area (TPSA) is 126 Å². The molecule has 1 aliphatic heterocycles. The maximum Gasteiger partial charge on any atom is 0.407 e. The molecule has 0 radical (unpaired) electrons. The summed E-state index contributed by atoms with van der Waals surface area (Å²) >= 11 is 12.5. The first-order valence-electron chi connectivity index (χ1n) is 15.5. The Labute approximate surface area is 291 Å². The number of piperazine rings is 1. The molecular weight excluding hydrogens is 682 g/mol. The number of alkyl carbamates (subject to hydrolysis) is 1. The Hall–Kier alpha value is -3.26. The minimum Gasteiger partial charge on any atom is -0.453 e. The Morgan fingerprint density at radius 3 is 2.33 bits per heavy atom. The van der Waals surface area contributed by atoms with E-state index >= 15 is 4.39 Å². The van der Waals surface area contributed by atoms with E-state index in [1.54, 1.807) is 54.6 Å². The first-order chi connectivity index (χ1) is 22.8. The van der Waals surface area contributed by atoms with Gasteiger partial charge in [-0.3, -0.25) is 4.79 Å². The summed E-state index contributed by atoms with van der Waals surface area (Å²) in [5, 5.41) is 9.65. The number of rotatable bonds is 13. The van der Waals surface area contributed by atoms with Crippen molar-refractivity contribution in [1.29, 1.82) is 0 Å². The number of hydrogen-bond donors (Lipinski definition) is 3. The molecule has 3 N–H and O–H groups in total. The number of methoxy groups -OCH3 is 1. The molecule has 0 saturated carbocycles. The summed E-state index contributed by atoms with van der Waals surface area (Å²) in [7, 11) is -2.44. The molecule has 0 spiro atoms. The molecule has 0 bridgehead atoms. The van der Waals surface area contributed by atoms with Crippen molar-refractivity contribution in [3.63, 3.8) is 0 Å². The molecule has 48 heavy (non-hydrogen) atoms. The number of nitrogens with one attached hydrogen (secondary N) is 3. The number of carbonyl (C=O) groups is 2. The summed E-state index contributed by atoms with van der Waals surface area (Å²) in [6.07, 6.45) is 0.613. The predicted octanol–water partition coefficient (Wildman–Crippen LogP) is 5.59. The molecule has 3 aromatic carbocycles. The molecule has 260 valence electrons. The molecule has 1 unspecified atom stereocenters. The average Bonchev–Trinajstić information content (AvgIpc) is 3.03. The number of sulfonamides is 1. The van der Waals surface area contributed by atoms with Crippen LogP contribution in [0.1, 0.15) is 42.9 Å². The maximum atomic E-state index is 15.5. The average molecular weight is 724 g/mol. The number of hydrogen-bond acceptors (Lipinski definition) is 7. The van der Waals surface area contributed by atoms with Crippen LogP contribution in [0.25, 0.3) is 0 Å². The largest absolute Gasteiger partial charge is 0.453 e. The quantitative estimate of drug-likeness (QED) is 0.210. The molecule has 10 nitrogen and oxygen atoms in total. The first-order valence-corrected chi connectivity index (χ1v) is 18.1. The van der Waals surface area contributed by atoms with E-state index in [1.165, 1.54) is 23.5 Å². The van der Waals surface area contributed by atoms with Gasteiger partial charge in [0.25, 0.3) is 0 Å². The lowest BCUT2D eigenvalue weighted by atomic mass is 9.84. The Morgan fingerprint density at radius 1 is 1.00 bits per heavy atom. The van der Waals surface area contributed by atoms with Gasteiger partial charge in [0.2, 0.25) is 15.9 Å². The molecule has 4 rings (SSSR count). The van der Waals surface area contributed by atoms with Gasteiger partial charge in [-0.15, -0.1) is 0 Å². The minimum absolute atomic E-state index is 0.0768. The third kappa shape index (κ3) is 9.90. The van der Waals surface area contributed by atoms with E-state index in [0.29, 0.717) is 34.3 Å². The Balaban J connectivity index is 1.65. The highest BCUT2D eigenvalue weighted by molar-refractivity contribution is 7.88. The van der Waals surface area contributed by atoms with Gasteiger partial charge in [-0.05, 0) is 74.2 Å². The van der Waals surface area contributed by atoms with Crippen LogP contribution >= 0.6 is 23.2 Å². The van der Waals surface area contributed by atoms with Crippen molar-refractivity contribution in [1.82, 2.24) is 14.9 Å². The molecule has 0 aliphatic carbocycles. The molecule has 4 atom stereocenters. The summed E-state index contributed by atoms with van der Waals surface area (Å²) in [6, 6.07) is 15.9. The minimum atomic E-state index is -3.63. The van der Waals surface area contributed by atoms with E-state index in [-0.39, 0.29) is 36.8 Å². The van der Waals surface area contributed by atoms with Crippen LogP contribution in [0, 0.1) is 5.82 Å². The smallest absolute Gasteiger partial charge is 0.407 e. The third-order valence-corrected chi connectivity index (χ3v) is 9.95. The van der Waals surface area contributed by atoms with Gasteiger partial charge >= 0.3 is 6.09 Å². The van der Waals surface area contributed by atoms with E-state index < -0.39 is 51.9 Å². The molecule has 3 aromatic rings. The van der Waals surface area contributed by atoms with Crippen LogP contribution in [0.5, 0.6) is 0 Å². The lowest BCUT2D eigenvalue weighted by Gasteiger charge is -2.41. The number of nitrogens with zero attached hydrogens (tertiary/aromatic N) is 1. The van der Waals surface area contributed by atoms with E-state index in [0.717, 1.165) is 6.26 Å². The van der Waals surface area contributed by atoms with E-state index in [9.17, 15) is 18.0 Å². The van der Waals surface area contributed by atoms with Gasteiger partial charge in [-0.1, -0.05) is 53.5 Å². The van der Waals surface area contributed by atoms with Crippen molar-refractivity contribution in [3.8, 4) is 0 Å². The molecule has 1 saturated heterocycles. The normalized spacial score (nSPS) is 18.2. The number of halogens is 3. The zero-order valence-corrected chi connectivity index (χ0v) is 29.5.